The Morgan fingerprint density at radius 3 is 2.77 bits per heavy atom. The van der Waals surface area contributed by atoms with Crippen LogP contribution in [0.5, 0.6) is 0 Å². The first kappa shape index (κ1) is 15.6. The molecule has 0 saturated carbocycles. The molecule has 0 aliphatic heterocycles. The zero-order valence-electron chi connectivity index (χ0n) is 12.5. The number of nitrogens with one attached hydrogen (secondary N) is 1. The number of hydrogen-bond donors (Lipinski definition) is 1. The Bertz CT molecular complexity index is 756. The Labute approximate surface area is 128 Å². The third-order valence-corrected chi connectivity index (χ3v) is 3.16. The largest absolute Gasteiger partial charge is 0.462 e. The number of carbonyl (C=O) groups is 2. The molecule has 0 aliphatic rings. The lowest BCUT2D eigenvalue weighted by molar-refractivity contribution is 0.0529. The van der Waals surface area contributed by atoms with Crippen molar-refractivity contribution in [1.82, 2.24) is 9.72 Å². The van der Waals surface area contributed by atoms with Crippen LogP contribution >= 0.6 is 0 Å². The lowest BCUT2D eigenvalue weighted by atomic mass is 10.2. The van der Waals surface area contributed by atoms with E-state index < -0.39 is 5.97 Å². The van der Waals surface area contributed by atoms with E-state index >= 15 is 0 Å². The van der Waals surface area contributed by atoms with Gasteiger partial charge in [-0.15, -0.1) is 0 Å². The van der Waals surface area contributed by atoms with Crippen molar-refractivity contribution >= 4 is 17.4 Å². The molecule has 0 aromatic carbocycles. The van der Waals surface area contributed by atoms with Crippen LogP contribution in [0.3, 0.4) is 0 Å². The topological polar surface area (TPSA) is 83.6 Å². The summed E-state index contributed by atoms with van der Waals surface area (Å²) < 4.78 is 6.61. The number of aromatic nitrogens is 1. The molecular weight excluding hydrogens is 282 g/mol. The maximum Gasteiger partial charge on any atom is 0.340 e. The standard InChI is InChI=1S/C16H17N3O3/c1-3-6-18-15(20)14-9-12(16(21)22-4-2)13-8-11(10-17)5-7-19(13)14/h5,7-9H,3-4,6H2,1-2H3,(H,18,20). The summed E-state index contributed by atoms with van der Waals surface area (Å²) in [7, 11) is 0. The Hall–Kier alpha value is -2.81. The van der Waals surface area contributed by atoms with Crippen LogP contribution in [0.25, 0.3) is 5.52 Å². The summed E-state index contributed by atoms with van der Waals surface area (Å²) in [6.07, 6.45) is 2.43. The van der Waals surface area contributed by atoms with Crippen LogP contribution in [0.2, 0.25) is 0 Å². The predicted octanol–water partition coefficient (Wildman–Crippen LogP) is 2.13. The molecule has 0 fully saturated rings. The van der Waals surface area contributed by atoms with Gasteiger partial charge >= 0.3 is 5.97 Å². The van der Waals surface area contributed by atoms with Gasteiger partial charge in [-0.3, -0.25) is 4.79 Å². The Kier molecular flexibility index (Phi) is 4.79. The molecule has 114 valence electrons. The highest BCUT2D eigenvalue weighted by Gasteiger charge is 2.20. The Balaban J connectivity index is 2.56. The molecule has 0 radical (unpaired) electrons. The summed E-state index contributed by atoms with van der Waals surface area (Å²) in [6.45, 7) is 4.47. The number of fused-ring (bicyclic) bond motifs is 1. The third-order valence-electron chi connectivity index (χ3n) is 3.16. The van der Waals surface area contributed by atoms with Crippen LogP contribution in [0.4, 0.5) is 0 Å². The summed E-state index contributed by atoms with van der Waals surface area (Å²) >= 11 is 0. The minimum absolute atomic E-state index is 0.242. The summed E-state index contributed by atoms with van der Waals surface area (Å²) in [5, 5.41) is 11.8. The molecular formula is C16H17N3O3. The van der Waals surface area contributed by atoms with E-state index in [0.29, 0.717) is 23.3 Å². The molecule has 22 heavy (non-hydrogen) atoms. The van der Waals surface area contributed by atoms with Crippen LogP contribution in [0.15, 0.2) is 24.4 Å². The van der Waals surface area contributed by atoms with Gasteiger partial charge in [0.25, 0.3) is 5.91 Å². The zero-order valence-corrected chi connectivity index (χ0v) is 12.5. The summed E-state index contributed by atoms with van der Waals surface area (Å²) in [5.74, 6) is -0.776. The number of ether oxygens (including phenoxy) is 1. The maximum absolute atomic E-state index is 12.2. The SMILES string of the molecule is CCCNC(=O)c1cc(C(=O)OCC)c2cc(C#N)ccn12. The van der Waals surface area contributed by atoms with E-state index in [9.17, 15) is 9.59 Å². The van der Waals surface area contributed by atoms with Gasteiger partial charge in [0.05, 0.1) is 29.3 Å². The van der Waals surface area contributed by atoms with Crippen molar-refractivity contribution in [3.8, 4) is 6.07 Å². The number of esters is 1. The molecule has 1 N–H and O–H groups in total. The molecule has 2 aromatic heterocycles. The molecule has 0 atom stereocenters. The van der Waals surface area contributed by atoms with E-state index in [-0.39, 0.29) is 18.1 Å². The molecule has 0 bridgehead atoms. The number of pyridine rings is 1. The van der Waals surface area contributed by atoms with E-state index in [4.69, 9.17) is 10.00 Å². The second kappa shape index (κ2) is 6.76. The summed E-state index contributed by atoms with van der Waals surface area (Å²) in [4.78, 5) is 24.3. The van der Waals surface area contributed by atoms with E-state index in [1.54, 1.807) is 29.7 Å². The molecule has 6 nitrogen and oxygen atoms in total. The quantitative estimate of drug-likeness (QED) is 0.857. The predicted molar refractivity (Wildman–Crippen MR) is 80.7 cm³/mol. The number of carbonyl (C=O) groups excluding carboxylic acids is 2. The highest BCUT2D eigenvalue weighted by atomic mass is 16.5. The van der Waals surface area contributed by atoms with Crippen molar-refractivity contribution in [3.05, 3.63) is 41.2 Å². The second-order valence-corrected chi connectivity index (χ2v) is 4.70. The summed E-state index contributed by atoms with van der Waals surface area (Å²) in [6, 6.07) is 6.69. The molecule has 6 heteroatoms. The van der Waals surface area contributed by atoms with Crippen molar-refractivity contribution in [2.45, 2.75) is 20.3 Å². The monoisotopic (exact) mass is 299 g/mol. The molecule has 2 aromatic rings. The molecule has 0 saturated heterocycles. The fourth-order valence-corrected chi connectivity index (χ4v) is 2.14. The van der Waals surface area contributed by atoms with Crippen molar-refractivity contribution < 1.29 is 14.3 Å². The smallest absolute Gasteiger partial charge is 0.340 e. The van der Waals surface area contributed by atoms with E-state index in [1.165, 1.54) is 6.07 Å². The van der Waals surface area contributed by atoms with Crippen molar-refractivity contribution in [2.75, 3.05) is 13.2 Å². The fraction of sp³-hybridized carbons (Fsp3) is 0.312. The zero-order chi connectivity index (χ0) is 16.1. The Morgan fingerprint density at radius 1 is 1.36 bits per heavy atom. The Morgan fingerprint density at radius 2 is 2.14 bits per heavy atom. The normalized spacial score (nSPS) is 10.2. The van der Waals surface area contributed by atoms with Gasteiger partial charge in [-0.25, -0.2) is 4.79 Å². The number of rotatable bonds is 5. The second-order valence-electron chi connectivity index (χ2n) is 4.70. The molecule has 2 heterocycles. The maximum atomic E-state index is 12.2. The lowest BCUT2D eigenvalue weighted by Crippen LogP contribution is -2.25. The first-order valence-electron chi connectivity index (χ1n) is 7.12. The average molecular weight is 299 g/mol. The molecule has 0 spiro atoms. The van der Waals surface area contributed by atoms with Gasteiger partial charge in [0.2, 0.25) is 0 Å². The summed E-state index contributed by atoms with van der Waals surface area (Å²) in [5.41, 5.74) is 1.52. The van der Waals surface area contributed by atoms with Gasteiger partial charge in [0, 0.05) is 12.7 Å². The van der Waals surface area contributed by atoms with Gasteiger partial charge in [-0.2, -0.15) is 5.26 Å². The van der Waals surface area contributed by atoms with Gasteiger partial charge in [-0.05, 0) is 31.5 Å². The van der Waals surface area contributed by atoms with Crippen LogP contribution in [0, 0.1) is 11.3 Å². The number of amides is 1. The highest BCUT2D eigenvalue weighted by molar-refractivity contribution is 6.03. The highest BCUT2D eigenvalue weighted by Crippen LogP contribution is 2.20. The van der Waals surface area contributed by atoms with Gasteiger partial charge < -0.3 is 14.5 Å². The van der Waals surface area contributed by atoms with Gasteiger partial charge in [-0.1, -0.05) is 6.92 Å². The number of nitriles is 1. The third kappa shape index (κ3) is 2.93. The average Bonchev–Trinajstić information content (AvgIpc) is 2.91. The van der Waals surface area contributed by atoms with Gasteiger partial charge in [0.15, 0.2) is 0 Å². The number of hydrogen-bond acceptors (Lipinski definition) is 4. The molecule has 2 rings (SSSR count). The molecule has 1 amide bonds. The van der Waals surface area contributed by atoms with Gasteiger partial charge in [0.1, 0.15) is 5.69 Å². The lowest BCUT2D eigenvalue weighted by Gasteiger charge is -2.04. The van der Waals surface area contributed by atoms with Crippen LogP contribution in [0.1, 0.15) is 46.7 Å². The van der Waals surface area contributed by atoms with E-state index in [2.05, 4.69) is 5.32 Å². The first-order chi connectivity index (χ1) is 10.6. The minimum atomic E-state index is -0.510. The van der Waals surface area contributed by atoms with E-state index in [1.807, 2.05) is 13.0 Å². The first-order valence-corrected chi connectivity index (χ1v) is 7.12. The van der Waals surface area contributed by atoms with Crippen LogP contribution in [-0.2, 0) is 4.74 Å². The molecule has 0 unspecified atom stereocenters. The minimum Gasteiger partial charge on any atom is -0.462 e. The fourth-order valence-electron chi connectivity index (χ4n) is 2.14. The van der Waals surface area contributed by atoms with Crippen LogP contribution < -0.4 is 5.32 Å². The van der Waals surface area contributed by atoms with Crippen molar-refractivity contribution in [3.63, 3.8) is 0 Å². The van der Waals surface area contributed by atoms with Crippen molar-refractivity contribution in [2.24, 2.45) is 0 Å². The van der Waals surface area contributed by atoms with E-state index in [0.717, 1.165) is 6.42 Å². The van der Waals surface area contributed by atoms with Crippen LogP contribution in [-0.4, -0.2) is 29.4 Å². The number of nitrogens with zero attached hydrogens (tertiary/aromatic N) is 2. The van der Waals surface area contributed by atoms with Crippen molar-refractivity contribution in [1.29, 1.82) is 5.26 Å². The molecule has 0 aliphatic carbocycles.